The molecule has 2 aliphatic heterocycles. The fourth-order valence-electron chi connectivity index (χ4n) is 2.90. The smallest absolute Gasteiger partial charge is 0.414 e. The van der Waals surface area contributed by atoms with Gasteiger partial charge in [0.25, 0.3) is 0 Å². The molecule has 23 heavy (non-hydrogen) atoms. The quantitative estimate of drug-likeness (QED) is 0.849. The Kier molecular flexibility index (Phi) is 5.05. The average molecular weight is 336 g/mol. The monoisotopic (exact) mass is 336 g/mol. The zero-order valence-electron chi connectivity index (χ0n) is 13.7. The van der Waals surface area contributed by atoms with E-state index >= 15 is 0 Å². The van der Waals surface area contributed by atoms with Gasteiger partial charge in [0, 0.05) is 62.8 Å². The molecule has 2 aliphatic rings. The number of aromatic nitrogens is 1. The maximum absolute atomic E-state index is 12.3. The van der Waals surface area contributed by atoms with E-state index in [0.717, 1.165) is 38.3 Å². The summed E-state index contributed by atoms with van der Waals surface area (Å²) < 4.78 is 5.66. The molecule has 0 saturated carbocycles. The molecule has 7 heteroatoms. The average Bonchev–Trinajstić information content (AvgIpc) is 3.10. The number of piperidine rings is 1. The van der Waals surface area contributed by atoms with E-state index < -0.39 is 0 Å². The first-order valence-electron chi connectivity index (χ1n) is 8.18. The van der Waals surface area contributed by atoms with Crippen LogP contribution in [-0.2, 0) is 4.74 Å². The summed E-state index contributed by atoms with van der Waals surface area (Å²) in [6.45, 7) is 7.61. The number of anilines is 1. The highest BCUT2D eigenvalue weighted by atomic mass is 32.1. The minimum absolute atomic E-state index is 0.00825. The highest BCUT2D eigenvalue weighted by Gasteiger charge is 2.26. The van der Waals surface area contributed by atoms with Gasteiger partial charge < -0.3 is 14.5 Å². The molecule has 1 amide bonds. The lowest BCUT2D eigenvalue weighted by molar-refractivity contribution is 0.0574. The molecule has 3 rings (SSSR count). The largest absolute Gasteiger partial charge is 0.446 e. The summed E-state index contributed by atoms with van der Waals surface area (Å²) >= 11 is 1.61. The van der Waals surface area contributed by atoms with Crippen molar-refractivity contribution in [2.45, 2.75) is 38.8 Å². The Bertz CT molecular complexity index is 538. The fraction of sp³-hybridized carbons (Fsp3) is 0.625. The molecule has 1 saturated heterocycles. The Morgan fingerprint density at radius 3 is 2.61 bits per heavy atom. The standard InChI is InChI=1S/C16H24N4O2S/c1-13(2)18-7-9-20(10-8-18)16(21)22-14-3-5-19(6-4-14)15-11-23-12-17-15/h7,9,11-14H,3-6,8,10H2,1-2H3. The molecule has 0 spiro atoms. The molecule has 0 N–H and O–H groups in total. The van der Waals surface area contributed by atoms with Crippen LogP contribution >= 0.6 is 11.3 Å². The first-order valence-corrected chi connectivity index (χ1v) is 9.12. The van der Waals surface area contributed by atoms with E-state index in [2.05, 4.69) is 34.0 Å². The Morgan fingerprint density at radius 2 is 2.04 bits per heavy atom. The second kappa shape index (κ2) is 7.21. The molecule has 0 radical (unpaired) electrons. The second-order valence-corrected chi connectivity index (χ2v) is 6.96. The molecule has 0 aliphatic carbocycles. The number of amides is 1. The number of carbonyl (C=O) groups is 1. The van der Waals surface area contributed by atoms with Crippen molar-refractivity contribution in [3.05, 3.63) is 23.3 Å². The number of nitrogens with zero attached hydrogens (tertiary/aromatic N) is 4. The van der Waals surface area contributed by atoms with Crippen molar-refractivity contribution < 1.29 is 9.53 Å². The number of rotatable bonds is 3. The van der Waals surface area contributed by atoms with E-state index in [0.29, 0.717) is 12.6 Å². The summed E-state index contributed by atoms with van der Waals surface area (Å²) in [4.78, 5) is 22.7. The third kappa shape index (κ3) is 3.96. The summed E-state index contributed by atoms with van der Waals surface area (Å²) in [6.07, 6.45) is 5.31. The molecule has 1 aromatic rings. The van der Waals surface area contributed by atoms with Crippen molar-refractivity contribution >= 4 is 23.2 Å². The van der Waals surface area contributed by atoms with Gasteiger partial charge in [-0.25, -0.2) is 9.78 Å². The number of ether oxygens (including phenoxy) is 1. The van der Waals surface area contributed by atoms with Crippen LogP contribution in [0.1, 0.15) is 26.7 Å². The lowest BCUT2D eigenvalue weighted by Gasteiger charge is -2.35. The lowest BCUT2D eigenvalue weighted by Crippen LogP contribution is -2.43. The van der Waals surface area contributed by atoms with Gasteiger partial charge in [-0.15, -0.1) is 11.3 Å². The molecule has 6 nitrogen and oxygen atoms in total. The van der Waals surface area contributed by atoms with E-state index in [9.17, 15) is 4.79 Å². The van der Waals surface area contributed by atoms with Crippen molar-refractivity contribution in [1.29, 1.82) is 0 Å². The van der Waals surface area contributed by atoms with E-state index in [1.54, 1.807) is 16.2 Å². The van der Waals surface area contributed by atoms with E-state index in [-0.39, 0.29) is 12.2 Å². The van der Waals surface area contributed by atoms with Crippen molar-refractivity contribution in [3.63, 3.8) is 0 Å². The molecule has 3 heterocycles. The third-order valence-electron chi connectivity index (χ3n) is 4.39. The minimum Gasteiger partial charge on any atom is -0.446 e. The van der Waals surface area contributed by atoms with Crippen LogP contribution in [0.5, 0.6) is 0 Å². The Hall–Kier alpha value is -1.76. The second-order valence-electron chi connectivity index (χ2n) is 6.24. The first-order chi connectivity index (χ1) is 11.1. The van der Waals surface area contributed by atoms with Gasteiger partial charge >= 0.3 is 6.09 Å². The highest BCUT2D eigenvalue weighted by Crippen LogP contribution is 2.21. The van der Waals surface area contributed by atoms with Gasteiger partial charge in [0.2, 0.25) is 0 Å². The minimum atomic E-state index is -0.225. The lowest BCUT2D eigenvalue weighted by atomic mass is 10.1. The molecule has 126 valence electrons. The Balaban J connectivity index is 1.45. The summed E-state index contributed by atoms with van der Waals surface area (Å²) in [5.74, 6) is 1.03. The number of hydrogen-bond donors (Lipinski definition) is 0. The van der Waals surface area contributed by atoms with Gasteiger partial charge in [-0.2, -0.15) is 0 Å². The van der Waals surface area contributed by atoms with Gasteiger partial charge in [-0.05, 0) is 13.8 Å². The van der Waals surface area contributed by atoms with Gasteiger partial charge in [-0.1, -0.05) is 0 Å². The predicted octanol–water partition coefficient (Wildman–Crippen LogP) is 2.75. The van der Waals surface area contributed by atoms with E-state index in [4.69, 9.17) is 4.74 Å². The normalized spacial score (nSPS) is 19.5. The van der Waals surface area contributed by atoms with Crippen LogP contribution in [-0.4, -0.2) is 59.2 Å². The predicted molar refractivity (Wildman–Crippen MR) is 91.5 cm³/mol. The third-order valence-corrected chi connectivity index (χ3v) is 4.96. The molecule has 1 aromatic heterocycles. The van der Waals surface area contributed by atoms with Crippen molar-refractivity contribution in [2.24, 2.45) is 0 Å². The van der Waals surface area contributed by atoms with Crippen LogP contribution in [0.3, 0.4) is 0 Å². The summed E-state index contributed by atoms with van der Waals surface area (Å²) in [7, 11) is 0. The SMILES string of the molecule is CC(C)N1C=CN(C(=O)OC2CCN(c3cscn3)CC2)CC1. The highest BCUT2D eigenvalue weighted by molar-refractivity contribution is 7.07. The van der Waals surface area contributed by atoms with Gasteiger partial charge in [0.15, 0.2) is 0 Å². The molecule has 0 atom stereocenters. The van der Waals surface area contributed by atoms with Gasteiger partial charge in [0.05, 0.1) is 5.51 Å². The molecule has 0 aromatic carbocycles. The zero-order chi connectivity index (χ0) is 16.2. The topological polar surface area (TPSA) is 48.9 Å². The maximum atomic E-state index is 12.3. The summed E-state index contributed by atoms with van der Waals surface area (Å²) in [5, 5.41) is 2.06. The van der Waals surface area contributed by atoms with Crippen molar-refractivity contribution in [1.82, 2.24) is 14.8 Å². The van der Waals surface area contributed by atoms with Crippen LogP contribution in [0.2, 0.25) is 0 Å². The number of carbonyl (C=O) groups excluding carboxylic acids is 1. The van der Waals surface area contributed by atoms with Gasteiger partial charge in [-0.3, -0.25) is 4.90 Å². The molecule has 0 bridgehead atoms. The zero-order valence-corrected chi connectivity index (χ0v) is 14.5. The van der Waals surface area contributed by atoms with Crippen LogP contribution in [0.25, 0.3) is 0 Å². The molecular formula is C16H24N4O2S. The molecular weight excluding hydrogens is 312 g/mol. The summed E-state index contributed by atoms with van der Waals surface area (Å²) in [5.41, 5.74) is 1.85. The van der Waals surface area contributed by atoms with Crippen LogP contribution in [0.4, 0.5) is 10.6 Å². The molecule has 1 fully saturated rings. The fourth-order valence-corrected chi connectivity index (χ4v) is 3.46. The Labute approximate surface area is 141 Å². The number of thiazole rings is 1. The Morgan fingerprint density at radius 1 is 1.26 bits per heavy atom. The van der Waals surface area contributed by atoms with Crippen LogP contribution in [0, 0.1) is 0 Å². The van der Waals surface area contributed by atoms with Crippen molar-refractivity contribution in [3.8, 4) is 0 Å². The number of hydrogen-bond acceptors (Lipinski definition) is 6. The first kappa shape index (κ1) is 16.1. The summed E-state index contributed by atoms with van der Waals surface area (Å²) in [6, 6.07) is 0.458. The van der Waals surface area contributed by atoms with E-state index in [1.165, 1.54) is 0 Å². The van der Waals surface area contributed by atoms with Crippen molar-refractivity contribution in [2.75, 3.05) is 31.1 Å². The maximum Gasteiger partial charge on any atom is 0.414 e. The van der Waals surface area contributed by atoms with Crippen LogP contribution in [0.15, 0.2) is 23.3 Å². The molecule has 0 unspecified atom stereocenters. The van der Waals surface area contributed by atoms with Gasteiger partial charge in [0.1, 0.15) is 11.9 Å². The van der Waals surface area contributed by atoms with Crippen LogP contribution < -0.4 is 4.90 Å². The van der Waals surface area contributed by atoms with E-state index in [1.807, 2.05) is 17.9 Å².